The normalized spacial score (nSPS) is 14.0. The zero-order valence-electron chi connectivity index (χ0n) is 27.6. The van der Waals surface area contributed by atoms with E-state index in [2.05, 4.69) is 59.2 Å². The topological polar surface area (TPSA) is 110 Å². The summed E-state index contributed by atoms with van der Waals surface area (Å²) in [7, 11) is 0. The van der Waals surface area contributed by atoms with E-state index < -0.39 is 6.67 Å². The Morgan fingerprint density at radius 2 is 1.52 bits per heavy atom. The molecule has 258 valence electrons. The molecule has 0 atom stereocenters. The van der Waals surface area contributed by atoms with Crippen molar-refractivity contribution < 1.29 is 13.6 Å². The van der Waals surface area contributed by atoms with Crippen LogP contribution in [-0.2, 0) is 44.9 Å². The minimum absolute atomic E-state index is 0.0468. The lowest BCUT2D eigenvalue weighted by molar-refractivity contribution is 0.217. The third kappa shape index (κ3) is 7.63. The molecule has 0 unspecified atom stereocenters. The van der Waals surface area contributed by atoms with Gasteiger partial charge in [0, 0.05) is 43.2 Å². The van der Waals surface area contributed by atoms with Crippen LogP contribution in [0.15, 0.2) is 82.7 Å². The molecular weight excluding hydrogens is 659 g/mol. The van der Waals surface area contributed by atoms with Gasteiger partial charge in [0.1, 0.15) is 18.3 Å². The third-order valence-electron chi connectivity index (χ3n) is 9.21. The number of benzene rings is 3. The van der Waals surface area contributed by atoms with E-state index in [0.29, 0.717) is 68.7 Å². The van der Waals surface area contributed by atoms with Crippen molar-refractivity contribution in [2.24, 2.45) is 0 Å². The van der Waals surface area contributed by atoms with E-state index in [9.17, 15) is 18.4 Å². The molecule has 2 N–H and O–H groups in total. The van der Waals surface area contributed by atoms with Gasteiger partial charge in [-0.3, -0.25) is 4.79 Å². The molecule has 2 aliphatic rings. The highest BCUT2D eigenvalue weighted by Gasteiger charge is 2.24. The van der Waals surface area contributed by atoms with E-state index in [0.717, 1.165) is 58.0 Å². The summed E-state index contributed by atoms with van der Waals surface area (Å²) >= 11 is 1.45. The van der Waals surface area contributed by atoms with Crippen molar-refractivity contribution >= 4 is 17.8 Å². The summed E-state index contributed by atoms with van der Waals surface area (Å²) in [4.78, 5) is 31.3. The number of thioether (sulfide) groups is 1. The van der Waals surface area contributed by atoms with Crippen molar-refractivity contribution in [2.45, 2.75) is 56.5 Å². The van der Waals surface area contributed by atoms with Crippen LogP contribution in [0.4, 0.5) is 13.6 Å². The molecule has 3 aromatic carbocycles. The number of aromatic nitrogens is 5. The van der Waals surface area contributed by atoms with Crippen LogP contribution in [0.3, 0.4) is 0 Å². The largest absolute Gasteiger partial charge is 0.336 e. The maximum atomic E-state index is 13.5. The van der Waals surface area contributed by atoms with Crippen LogP contribution in [-0.4, -0.2) is 61.4 Å². The van der Waals surface area contributed by atoms with Crippen molar-refractivity contribution in [3.05, 3.63) is 129 Å². The lowest BCUT2D eigenvalue weighted by Gasteiger charge is -2.18. The Bertz CT molecular complexity index is 2010. The molecule has 7 rings (SSSR count). The number of hydrogen-bond donors (Lipinski definition) is 2. The number of nitrogens with zero attached hydrogens (tertiary/aromatic N) is 6. The Morgan fingerprint density at radius 1 is 0.820 bits per heavy atom. The Kier molecular flexibility index (Phi) is 10.3. The van der Waals surface area contributed by atoms with Gasteiger partial charge in [0.25, 0.3) is 5.56 Å². The molecule has 0 radical (unpaired) electrons. The highest BCUT2D eigenvalue weighted by molar-refractivity contribution is 7.98. The standard InChI is InChI=1S/C37H38F2N8O2S/c38-20-25-4-10-28(11-5-25)29-12-6-26(7-13-29)22-47-33(21-40-16-18-45-19-17-41-36(45)49)43-44-34(47)23-46-32-3-1-2-31(32)35(48)42-37(46)50-24-27-8-14-30(39)15-9-27/h4-15,40H,1-3,16-24H2,(H,41,49). The number of amides is 2. The van der Waals surface area contributed by atoms with Crippen LogP contribution in [0.5, 0.6) is 0 Å². The Hall–Kier alpha value is -4.88. The molecule has 2 aromatic heterocycles. The highest BCUT2D eigenvalue weighted by atomic mass is 32.2. The SMILES string of the molecule is O=C1NCCN1CCNCc1nnc(Cn2c(SCc3ccc(F)cc3)nc(=O)c3c2CCC3)n1Cc1ccc(-c2ccc(CF)cc2)cc1. The number of nitrogens with one attached hydrogen (secondary N) is 2. The molecule has 1 saturated heterocycles. The lowest BCUT2D eigenvalue weighted by atomic mass is 10.0. The van der Waals surface area contributed by atoms with Crippen LogP contribution in [0.2, 0.25) is 0 Å². The van der Waals surface area contributed by atoms with Crippen LogP contribution in [0.1, 0.15) is 46.0 Å². The van der Waals surface area contributed by atoms with E-state index >= 15 is 0 Å². The van der Waals surface area contributed by atoms with Crippen molar-refractivity contribution in [1.82, 2.24) is 39.8 Å². The van der Waals surface area contributed by atoms with Gasteiger partial charge in [0.15, 0.2) is 11.0 Å². The molecule has 50 heavy (non-hydrogen) atoms. The van der Waals surface area contributed by atoms with Gasteiger partial charge in [-0.1, -0.05) is 72.4 Å². The second-order valence-corrected chi connectivity index (χ2v) is 13.5. The molecule has 2 amide bonds. The van der Waals surface area contributed by atoms with E-state index in [-0.39, 0.29) is 17.4 Å². The lowest BCUT2D eigenvalue weighted by Crippen LogP contribution is -2.34. The average Bonchev–Trinajstić information content (AvgIpc) is 3.89. The summed E-state index contributed by atoms with van der Waals surface area (Å²) in [6.07, 6.45) is 2.36. The van der Waals surface area contributed by atoms with Gasteiger partial charge < -0.3 is 24.7 Å². The van der Waals surface area contributed by atoms with E-state index in [1.807, 2.05) is 12.1 Å². The van der Waals surface area contributed by atoms with Gasteiger partial charge in [0.05, 0.1) is 19.6 Å². The average molecular weight is 697 g/mol. The van der Waals surface area contributed by atoms with Gasteiger partial charge in [-0.15, -0.1) is 10.2 Å². The molecule has 13 heteroatoms. The number of hydrogen-bond acceptors (Lipinski definition) is 7. The second-order valence-electron chi connectivity index (χ2n) is 12.5. The number of halogens is 2. The van der Waals surface area contributed by atoms with Gasteiger partial charge in [-0.25, -0.2) is 13.6 Å². The Labute approximate surface area is 293 Å². The number of fused-ring (bicyclic) bond motifs is 1. The van der Waals surface area contributed by atoms with Crippen LogP contribution in [0, 0.1) is 5.82 Å². The Morgan fingerprint density at radius 3 is 2.22 bits per heavy atom. The third-order valence-corrected chi connectivity index (χ3v) is 10.3. The van der Waals surface area contributed by atoms with Gasteiger partial charge in [-0.2, -0.15) is 4.98 Å². The predicted octanol–water partition coefficient (Wildman–Crippen LogP) is 5.10. The first-order valence-corrected chi connectivity index (χ1v) is 17.8. The van der Waals surface area contributed by atoms with Crippen LogP contribution >= 0.6 is 11.8 Å². The summed E-state index contributed by atoms with van der Waals surface area (Å²) in [5, 5.41) is 16.1. The molecule has 1 aliphatic carbocycles. The number of urea groups is 1. The molecule has 0 saturated carbocycles. The van der Waals surface area contributed by atoms with Gasteiger partial charge >= 0.3 is 6.03 Å². The predicted molar refractivity (Wildman–Crippen MR) is 188 cm³/mol. The van der Waals surface area contributed by atoms with Crippen LogP contribution in [0.25, 0.3) is 11.1 Å². The second kappa shape index (κ2) is 15.3. The van der Waals surface area contributed by atoms with Gasteiger partial charge in [0.2, 0.25) is 0 Å². The minimum Gasteiger partial charge on any atom is -0.336 e. The number of alkyl halides is 1. The summed E-state index contributed by atoms with van der Waals surface area (Å²) in [5.41, 5.74) is 6.23. The number of rotatable bonds is 14. The van der Waals surface area contributed by atoms with E-state index in [1.165, 1.54) is 23.9 Å². The van der Waals surface area contributed by atoms with Crippen molar-refractivity contribution in [3.63, 3.8) is 0 Å². The zero-order chi connectivity index (χ0) is 34.5. The molecule has 0 bridgehead atoms. The summed E-state index contributed by atoms with van der Waals surface area (Å²) in [6.45, 7) is 3.40. The summed E-state index contributed by atoms with van der Waals surface area (Å²) in [5.74, 6) is 1.72. The number of carbonyl (C=O) groups excluding carboxylic acids is 1. The quantitative estimate of drug-likeness (QED) is 0.0945. The van der Waals surface area contributed by atoms with E-state index in [4.69, 9.17) is 0 Å². The smallest absolute Gasteiger partial charge is 0.317 e. The summed E-state index contributed by atoms with van der Waals surface area (Å²) < 4.78 is 30.8. The van der Waals surface area contributed by atoms with Crippen LogP contribution < -0.4 is 16.2 Å². The van der Waals surface area contributed by atoms with Crippen molar-refractivity contribution in [1.29, 1.82) is 0 Å². The molecule has 1 fully saturated rings. The number of carbonyl (C=O) groups is 1. The Balaban J connectivity index is 1.16. The van der Waals surface area contributed by atoms with E-state index in [1.54, 1.807) is 29.2 Å². The molecule has 0 spiro atoms. The summed E-state index contributed by atoms with van der Waals surface area (Å²) in [6, 6.07) is 22.1. The zero-order valence-corrected chi connectivity index (χ0v) is 28.4. The van der Waals surface area contributed by atoms with Crippen molar-refractivity contribution in [3.8, 4) is 11.1 Å². The van der Waals surface area contributed by atoms with Gasteiger partial charge in [-0.05, 0) is 59.2 Å². The minimum atomic E-state index is -0.488. The fourth-order valence-corrected chi connectivity index (χ4v) is 7.41. The molecule has 5 aromatic rings. The fraction of sp³-hybridized carbons (Fsp3) is 0.324. The maximum Gasteiger partial charge on any atom is 0.317 e. The molecular formula is C37H38F2N8O2S. The molecule has 3 heterocycles. The molecule has 1 aliphatic heterocycles. The first-order valence-electron chi connectivity index (χ1n) is 16.8. The van der Waals surface area contributed by atoms with Crippen molar-refractivity contribution in [2.75, 3.05) is 26.2 Å². The first-order chi connectivity index (χ1) is 24.4. The monoisotopic (exact) mass is 696 g/mol. The fourth-order valence-electron chi connectivity index (χ4n) is 6.44. The first kappa shape index (κ1) is 33.6. The highest BCUT2D eigenvalue weighted by Crippen LogP contribution is 2.28. The maximum absolute atomic E-state index is 13.5. The molecule has 10 nitrogen and oxygen atoms in total.